The van der Waals surface area contributed by atoms with Crippen molar-refractivity contribution >= 4 is 23.2 Å². The monoisotopic (exact) mass is 271 g/mol. The Morgan fingerprint density at radius 3 is 2.76 bits per heavy atom. The van der Waals surface area contributed by atoms with Gasteiger partial charge in [0.15, 0.2) is 5.22 Å². The van der Waals surface area contributed by atoms with Gasteiger partial charge in [-0.1, -0.05) is 11.6 Å². The minimum absolute atomic E-state index is 0.178. The zero-order valence-electron chi connectivity index (χ0n) is 8.86. The number of hydrogen-bond acceptors (Lipinski definition) is 4. The number of pyridine rings is 1. The smallest absolute Gasteiger partial charge is 0.193 e. The van der Waals surface area contributed by atoms with Crippen LogP contribution < -0.4 is 11.3 Å². The summed E-state index contributed by atoms with van der Waals surface area (Å²) in [6.45, 7) is 0. The molecule has 2 aromatic rings. The Labute approximate surface area is 109 Å². The summed E-state index contributed by atoms with van der Waals surface area (Å²) in [5.41, 5.74) is 3.62. The van der Waals surface area contributed by atoms with Gasteiger partial charge in [0.05, 0.1) is 11.1 Å². The summed E-state index contributed by atoms with van der Waals surface area (Å²) in [5, 5.41) is 0.937. The molecular weight excluding hydrogens is 261 g/mol. The Morgan fingerprint density at radius 2 is 2.18 bits per heavy atom. The van der Waals surface area contributed by atoms with E-state index in [0.717, 1.165) is 5.56 Å². The maximum absolute atomic E-state index is 6.03. The van der Waals surface area contributed by atoms with Crippen LogP contribution in [0.4, 0.5) is 0 Å². The van der Waals surface area contributed by atoms with Crippen molar-refractivity contribution in [1.82, 2.24) is 10.4 Å². The second-order valence-corrected chi connectivity index (χ2v) is 4.31. The number of hydrazine groups is 1. The van der Waals surface area contributed by atoms with Gasteiger partial charge in [0.25, 0.3) is 0 Å². The second-order valence-electron chi connectivity index (χ2n) is 3.53. The maximum atomic E-state index is 6.03. The normalized spacial score (nSPS) is 12.6. The standard InChI is InChI=1S/C11H11Cl2N3O/c12-8-6-15-4-3-7(8)5-9(16-14)10-1-2-11(13)17-10/h1-4,6,9,16H,5,14H2. The second kappa shape index (κ2) is 5.51. The summed E-state index contributed by atoms with van der Waals surface area (Å²) in [6, 6.07) is 5.12. The van der Waals surface area contributed by atoms with Gasteiger partial charge in [-0.2, -0.15) is 0 Å². The van der Waals surface area contributed by atoms with Gasteiger partial charge in [-0.15, -0.1) is 0 Å². The molecule has 90 valence electrons. The molecule has 0 aromatic carbocycles. The maximum Gasteiger partial charge on any atom is 0.193 e. The zero-order valence-corrected chi connectivity index (χ0v) is 10.4. The van der Waals surface area contributed by atoms with Crippen molar-refractivity contribution in [2.24, 2.45) is 5.84 Å². The average Bonchev–Trinajstić information content (AvgIpc) is 2.75. The zero-order chi connectivity index (χ0) is 12.3. The first kappa shape index (κ1) is 12.4. The molecule has 0 saturated carbocycles. The summed E-state index contributed by atoms with van der Waals surface area (Å²) in [5.74, 6) is 6.17. The van der Waals surface area contributed by atoms with E-state index in [1.54, 1.807) is 24.5 Å². The fourth-order valence-corrected chi connectivity index (χ4v) is 1.90. The predicted octanol–water partition coefficient (Wildman–Crippen LogP) is 2.73. The van der Waals surface area contributed by atoms with Crippen LogP contribution in [-0.2, 0) is 6.42 Å². The van der Waals surface area contributed by atoms with Crippen molar-refractivity contribution in [3.63, 3.8) is 0 Å². The lowest BCUT2D eigenvalue weighted by Crippen LogP contribution is -2.29. The topological polar surface area (TPSA) is 64.1 Å². The molecule has 6 heteroatoms. The summed E-state index contributed by atoms with van der Waals surface area (Å²) in [7, 11) is 0. The van der Waals surface area contributed by atoms with Crippen molar-refractivity contribution in [1.29, 1.82) is 0 Å². The highest BCUT2D eigenvalue weighted by Gasteiger charge is 2.16. The summed E-state index contributed by atoms with van der Waals surface area (Å²) < 4.78 is 5.31. The number of hydrogen-bond donors (Lipinski definition) is 2. The van der Waals surface area contributed by atoms with Crippen LogP contribution in [0.1, 0.15) is 17.4 Å². The van der Waals surface area contributed by atoms with Crippen LogP contribution in [0.2, 0.25) is 10.2 Å². The molecule has 0 radical (unpaired) electrons. The largest absolute Gasteiger partial charge is 0.448 e. The van der Waals surface area contributed by atoms with Gasteiger partial charge in [-0.05, 0) is 41.8 Å². The van der Waals surface area contributed by atoms with E-state index in [1.807, 2.05) is 6.07 Å². The van der Waals surface area contributed by atoms with E-state index in [2.05, 4.69) is 10.4 Å². The third-order valence-corrected chi connectivity index (χ3v) is 2.96. The lowest BCUT2D eigenvalue weighted by Gasteiger charge is -2.13. The minimum Gasteiger partial charge on any atom is -0.448 e. The molecule has 0 aliphatic heterocycles. The van der Waals surface area contributed by atoms with Gasteiger partial charge in [0.2, 0.25) is 0 Å². The van der Waals surface area contributed by atoms with Crippen molar-refractivity contribution in [3.05, 3.63) is 52.2 Å². The van der Waals surface area contributed by atoms with Crippen LogP contribution >= 0.6 is 23.2 Å². The van der Waals surface area contributed by atoms with Crippen molar-refractivity contribution in [3.8, 4) is 0 Å². The molecule has 0 bridgehead atoms. The molecule has 0 amide bonds. The van der Waals surface area contributed by atoms with Crippen molar-refractivity contribution in [2.75, 3.05) is 0 Å². The Hall–Kier alpha value is -1.07. The number of furan rings is 1. The van der Waals surface area contributed by atoms with E-state index in [0.29, 0.717) is 22.4 Å². The van der Waals surface area contributed by atoms with Crippen LogP contribution in [-0.4, -0.2) is 4.98 Å². The molecule has 0 fully saturated rings. The first-order valence-electron chi connectivity index (χ1n) is 5.00. The molecule has 2 aromatic heterocycles. The van der Waals surface area contributed by atoms with E-state index in [9.17, 15) is 0 Å². The molecule has 1 unspecified atom stereocenters. The van der Waals surface area contributed by atoms with E-state index >= 15 is 0 Å². The van der Waals surface area contributed by atoms with Gasteiger partial charge in [-0.25, -0.2) is 5.43 Å². The number of nitrogens with one attached hydrogen (secondary N) is 1. The van der Waals surface area contributed by atoms with Gasteiger partial charge in [0, 0.05) is 12.4 Å². The molecule has 0 saturated heterocycles. The molecule has 1 atom stereocenters. The average molecular weight is 272 g/mol. The Bertz CT molecular complexity index is 501. The van der Waals surface area contributed by atoms with Gasteiger partial charge < -0.3 is 4.42 Å². The molecule has 0 spiro atoms. The first-order valence-corrected chi connectivity index (χ1v) is 5.76. The van der Waals surface area contributed by atoms with Crippen LogP contribution in [0.25, 0.3) is 0 Å². The van der Waals surface area contributed by atoms with Crippen LogP contribution in [0.15, 0.2) is 35.0 Å². The molecule has 0 aliphatic carbocycles. The van der Waals surface area contributed by atoms with Crippen LogP contribution in [0.5, 0.6) is 0 Å². The predicted molar refractivity (Wildman–Crippen MR) is 66.7 cm³/mol. The lowest BCUT2D eigenvalue weighted by atomic mass is 10.1. The molecule has 2 rings (SSSR count). The number of halogens is 2. The number of rotatable bonds is 4. The van der Waals surface area contributed by atoms with Crippen LogP contribution in [0.3, 0.4) is 0 Å². The summed E-state index contributed by atoms with van der Waals surface area (Å²) in [6.07, 6.45) is 3.88. The Morgan fingerprint density at radius 1 is 1.35 bits per heavy atom. The van der Waals surface area contributed by atoms with Crippen molar-refractivity contribution in [2.45, 2.75) is 12.5 Å². The number of aromatic nitrogens is 1. The highest BCUT2D eigenvalue weighted by Crippen LogP contribution is 2.25. The fraction of sp³-hybridized carbons (Fsp3) is 0.182. The summed E-state index contributed by atoms with van der Waals surface area (Å²) >= 11 is 11.8. The highest BCUT2D eigenvalue weighted by atomic mass is 35.5. The lowest BCUT2D eigenvalue weighted by molar-refractivity contribution is 0.417. The Balaban J connectivity index is 2.18. The summed E-state index contributed by atoms with van der Waals surface area (Å²) in [4.78, 5) is 3.93. The quantitative estimate of drug-likeness (QED) is 0.663. The SMILES string of the molecule is NNC(Cc1ccncc1Cl)c1ccc(Cl)o1. The van der Waals surface area contributed by atoms with Gasteiger partial charge in [0.1, 0.15) is 5.76 Å². The molecule has 17 heavy (non-hydrogen) atoms. The van der Waals surface area contributed by atoms with E-state index in [-0.39, 0.29) is 6.04 Å². The molecular formula is C11H11Cl2N3O. The van der Waals surface area contributed by atoms with Gasteiger partial charge >= 0.3 is 0 Å². The number of nitrogens with two attached hydrogens (primary N) is 1. The molecule has 2 heterocycles. The Kier molecular flexibility index (Phi) is 4.02. The minimum atomic E-state index is -0.178. The third-order valence-electron chi connectivity index (χ3n) is 2.42. The molecule has 0 aliphatic rings. The highest BCUT2D eigenvalue weighted by molar-refractivity contribution is 6.31. The first-order chi connectivity index (χ1) is 8.20. The van der Waals surface area contributed by atoms with Gasteiger partial charge in [-0.3, -0.25) is 10.8 Å². The molecule has 4 nitrogen and oxygen atoms in total. The van der Waals surface area contributed by atoms with E-state index < -0.39 is 0 Å². The fourth-order valence-electron chi connectivity index (χ4n) is 1.55. The van der Waals surface area contributed by atoms with Crippen LogP contribution in [0, 0.1) is 0 Å². The van der Waals surface area contributed by atoms with E-state index in [4.69, 9.17) is 33.5 Å². The van der Waals surface area contributed by atoms with E-state index in [1.165, 1.54) is 0 Å². The third kappa shape index (κ3) is 2.98. The molecule has 3 N–H and O–H groups in total. The number of nitrogens with zero attached hydrogens (tertiary/aromatic N) is 1. The van der Waals surface area contributed by atoms with Crippen molar-refractivity contribution < 1.29 is 4.42 Å².